The lowest BCUT2D eigenvalue weighted by Crippen LogP contribution is -2.07. The first-order valence-corrected chi connectivity index (χ1v) is 7.18. The van der Waals surface area contributed by atoms with Gasteiger partial charge in [-0.2, -0.15) is 0 Å². The molecule has 0 heterocycles. The van der Waals surface area contributed by atoms with Crippen LogP contribution < -0.4 is 15.2 Å². The number of benzene rings is 2. The summed E-state index contributed by atoms with van der Waals surface area (Å²) in [5, 5.41) is 0. The van der Waals surface area contributed by atoms with E-state index in [2.05, 4.69) is 15.9 Å². The smallest absolute Gasteiger partial charge is 0.169 e. The predicted molar refractivity (Wildman–Crippen MR) is 84.5 cm³/mol. The molecule has 4 heteroatoms. The zero-order valence-corrected chi connectivity index (χ0v) is 13.4. The highest BCUT2D eigenvalue weighted by molar-refractivity contribution is 9.10. The molecule has 0 aliphatic rings. The van der Waals surface area contributed by atoms with Gasteiger partial charge in [-0.05, 0) is 49.7 Å². The maximum Gasteiger partial charge on any atom is 0.169 e. The van der Waals surface area contributed by atoms with Gasteiger partial charge < -0.3 is 15.2 Å². The van der Waals surface area contributed by atoms with Crippen LogP contribution in [0.1, 0.15) is 24.1 Å². The molecule has 3 nitrogen and oxygen atoms in total. The van der Waals surface area contributed by atoms with Crippen molar-refractivity contribution in [2.45, 2.75) is 19.9 Å². The van der Waals surface area contributed by atoms with Gasteiger partial charge in [0, 0.05) is 16.1 Å². The number of aryl methyl sites for hydroxylation is 1. The summed E-state index contributed by atoms with van der Waals surface area (Å²) < 4.78 is 12.3. The van der Waals surface area contributed by atoms with E-state index in [-0.39, 0.29) is 6.04 Å². The van der Waals surface area contributed by atoms with Crippen LogP contribution in [0.5, 0.6) is 17.2 Å². The molecule has 1 atom stereocenters. The van der Waals surface area contributed by atoms with E-state index in [4.69, 9.17) is 15.2 Å². The number of ether oxygens (including phenoxy) is 2. The van der Waals surface area contributed by atoms with Crippen LogP contribution in [0.2, 0.25) is 0 Å². The van der Waals surface area contributed by atoms with Crippen molar-refractivity contribution in [2.24, 2.45) is 5.73 Å². The lowest BCUT2D eigenvalue weighted by molar-refractivity contribution is 0.376. The summed E-state index contributed by atoms with van der Waals surface area (Å²) in [4.78, 5) is 0. The van der Waals surface area contributed by atoms with E-state index in [1.165, 1.54) is 0 Å². The summed E-state index contributed by atoms with van der Waals surface area (Å²) in [6, 6.07) is 11.5. The Labute approximate surface area is 127 Å². The van der Waals surface area contributed by atoms with Crippen molar-refractivity contribution in [1.82, 2.24) is 0 Å². The van der Waals surface area contributed by atoms with Crippen molar-refractivity contribution in [1.29, 1.82) is 0 Å². The third-order valence-corrected chi connectivity index (χ3v) is 3.49. The first-order valence-electron chi connectivity index (χ1n) is 6.39. The number of nitrogens with two attached hydrogens (primary N) is 1. The molecule has 2 aromatic rings. The van der Waals surface area contributed by atoms with Crippen molar-refractivity contribution in [3.63, 3.8) is 0 Å². The molecular formula is C16H18BrNO2. The molecule has 2 rings (SSSR count). The minimum atomic E-state index is -0.112. The average Bonchev–Trinajstić information content (AvgIpc) is 2.42. The summed E-state index contributed by atoms with van der Waals surface area (Å²) in [7, 11) is 1.63. The van der Waals surface area contributed by atoms with Gasteiger partial charge in [0.25, 0.3) is 0 Å². The molecule has 2 N–H and O–H groups in total. The molecule has 0 amide bonds. The van der Waals surface area contributed by atoms with Gasteiger partial charge in [-0.25, -0.2) is 0 Å². The minimum absolute atomic E-state index is 0.112. The van der Waals surface area contributed by atoms with Gasteiger partial charge in [-0.15, -0.1) is 0 Å². The molecule has 0 saturated heterocycles. The lowest BCUT2D eigenvalue weighted by Gasteiger charge is -2.16. The van der Waals surface area contributed by atoms with E-state index in [1.807, 2.05) is 50.2 Å². The zero-order valence-electron chi connectivity index (χ0n) is 11.8. The molecule has 0 aliphatic heterocycles. The van der Waals surface area contributed by atoms with Gasteiger partial charge >= 0.3 is 0 Å². The number of halogens is 1. The molecule has 2 aromatic carbocycles. The molecule has 0 radical (unpaired) electrons. The van der Waals surface area contributed by atoms with Crippen molar-refractivity contribution in [3.8, 4) is 17.2 Å². The highest BCUT2D eigenvalue weighted by Gasteiger charge is 2.12. The molecule has 0 aliphatic carbocycles. The van der Waals surface area contributed by atoms with E-state index in [0.717, 1.165) is 21.3 Å². The van der Waals surface area contributed by atoms with Crippen molar-refractivity contribution >= 4 is 15.9 Å². The van der Waals surface area contributed by atoms with Crippen molar-refractivity contribution < 1.29 is 9.47 Å². The van der Waals surface area contributed by atoms with E-state index in [1.54, 1.807) is 7.11 Å². The second-order valence-electron chi connectivity index (χ2n) is 4.73. The number of methoxy groups -OCH3 is 1. The Morgan fingerprint density at radius 1 is 1.05 bits per heavy atom. The fraction of sp³-hybridized carbons (Fsp3) is 0.250. The quantitative estimate of drug-likeness (QED) is 0.889. The summed E-state index contributed by atoms with van der Waals surface area (Å²) in [5.74, 6) is 2.14. The molecule has 0 fully saturated rings. The Morgan fingerprint density at radius 3 is 2.40 bits per heavy atom. The predicted octanol–water partition coefficient (Wildman–Crippen LogP) is 4.58. The zero-order chi connectivity index (χ0) is 14.7. The topological polar surface area (TPSA) is 44.5 Å². The van der Waals surface area contributed by atoms with Crippen LogP contribution in [0.3, 0.4) is 0 Å². The fourth-order valence-corrected chi connectivity index (χ4v) is 2.32. The maximum absolute atomic E-state index is 6.00. The molecule has 0 bridgehead atoms. The monoisotopic (exact) mass is 335 g/mol. The van der Waals surface area contributed by atoms with Crippen LogP contribution in [0.15, 0.2) is 40.9 Å². The average molecular weight is 336 g/mol. The van der Waals surface area contributed by atoms with Crippen LogP contribution in [-0.4, -0.2) is 7.11 Å². The standard InChI is InChI=1S/C16H18BrNO2/c1-10-4-6-15(16(8-10)19-3)20-14-7-5-12(17)9-13(14)11(2)18/h4-9,11H,18H2,1-3H3. The molecule has 0 spiro atoms. The van der Waals surface area contributed by atoms with E-state index in [0.29, 0.717) is 11.5 Å². The lowest BCUT2D eigenvalue weighted by atomic mass is 10.1. The van der Waals surface area contributed by atoms with Crippen molar-refractivity contribution in [2.75, 3.05) is 7.11 Å². The van der Waals surface area contributed by atoms with E-state index in [9.17, 15) is 0 Å². The van der Waals surface area contributed by atoms with Crippen LogP contribution in [0, 0.1) is 6.92 Å². The van der Waals surface area contributed by atoms with Crippen LogP contribution in [-0.2, 0) is 0 Å². The highest BCUT2D eigenvalue weighted by atomic mass is 79.9. The first-order chi connectivity index (χ1) is 9.51. The van der Waals surface area contributed by atoms with E-state index < -0.39 is 0 Å². The Hall–Kier alpha value is -1.52. The van der Waals surface area contributed by atoms with Crippen LogP contribution >= 0.6 is 15.9 Å². The Balaban J connectivity index is 2.39. The molecular weight excluding hydrogens is 318 g/mol. The molecule has 1 unspecified atom stereocenters. The molecule has 0 aromatic heterocycles. The third-order valence-electron chi connectivity index (χ3n) is 3.00. The second kappa shape index (κ2) is 6.29. The third kappa shape index (κ3) is 3.32. The van der Waals surface area contributed by atoms with Gasteiger partial charge in [0.2, 0.25) is 0 Å². The van der Waals surface area contributed by atoms with Gasteiger partial charge in [-0.3, -0.25) is 0 Å². The van der Waals surface area contributed by atoms with Gasteiger partial charge in [0.1, 0.15) is 5.75 Å². The molecule has 0 saturated carbocycles. The van der Waals surface area contributed by atoms with Gasteiger partial charge in [0.05, 0.1) is 7.11 Å². The summed E-state index contributed by atoms with van der Waals surface area (Å²) in [6.45, 7) is 3.94. The highest BCUT2D eigenvalue weighted by Crippen LogP contribution is 2.36. The Morgan fingerprint density at radius 2 is 1.75 bits per heavy atom. The molecule has 106 valence electrons. The maximum atomic E-state index is 6.00. The summed E-state index contributed by atoms with van der Waals surface area (Å²) in [5.41, 5.74) is 8.07. The largest absolute Gasteiger partial charge is 0.493 e. The second-order valence-corrected chi connectivity index (χ2v) is 5.64. The van der Waals surface area contributed by atoms with Crippen LogP contribution in [0.4, 0.5) is 0 Å². The SMILES string of the molecule is COc1cc(C)ccc1Oc1ccc(Br)cc1C(C)N. The summed E-state index contributed by atoms with van der Waals surface area (Å²) in [6.07, 6.45) is 0. The Bertz CT molecular complexity index is 611. The number of rotatable bonds is 4. The fourth-order valence-electron chi connectivity index (χ4n) is 1.95. The van der Waals surface area contributed by atoms with E-state index >= 15 is 0 Å². The number of hydrogen-bond donors (Lipinski definition) is 1. The van der Waals surface area contributed by atoms with Gasteiger partial charge in [-0.1, -0.05) is 22.0 Å². The Kier molecular flexibility index (Phi) is 4.68. The molecule has 20 heavy (non-hydrogen) atoms. The van der Waals surface area contributed by atoms with Gasteiger partial charge in [0.15, 0.2) is 11.5 Å². The first kappa shape index (κ1) is 14.9. The summed E-state index contributed by atoms with van der Waals surface area (Å²) >= 11 is 3.45. The normalized spacial score (nSPS) is 12.1. The van der Waals surface area contributed by atoms with Crippen molar-refractivity contribution in [3.05, 3.63) is 52.0 Å². The van der Waals surface area contributed by atoms with Crippen LogP contribution in [0.25, 0.3) is 0 Å². The number of hydrogen-bond acceptors (Lipinski definition) is 3. The minimum Gasteiger partial charge on any atom is -0.493 e.